The first kappa shape index (κ1) is 20.7. The summed E-state index contributed by atoms with van der Waals surface area (Å²) in [7, 11) is -1.95. The Labute approximate surface area is 168 Å². The molecule has 0 bridgehead atoms. The lowest BCUT2D eigenvalue weighted by Gasteiger charge is -2.21. The molecule has 0 saturated heterocycles. The Morgan fingerprint density at radius 3 is 2.31 bits per heavy atom. The summed E-state index contributed by atoms with van der Waals surface area (Å²) in [5, 5.41) is 5.82. The number of halogens is 1. The Morgan fingerprint density at radius 2 is 1.73 bits per heavy atom. The number of para-hydroxylation sites is 1. The van der Waals surface area contributed by atoms with Crippen molar-refractivity contribution in [1.82, 2.24) is 4.31 Å². The third-order valence-corrected chi connectivity index (χ3v) is 6.85. The van der Waals surface area contributed by atoms with Gasteiger partial charge < -0.3 is 10.6 Å². The van der Waals surface area contributed by atoms with Gasteiger partial charge in [0.05, 0.1) is 17.1 Å². The highest BCUT2D eigenvalue weighted by Gasteiger charge is 2.22. The molecule has 0 spiro atoms. The van der Waals surface area contributed by atoms with E-state index in [2.05, 4.69) is 33.2 Å². The second kappa shape index (κ2) is 8.83. The van der Waals surface area contributed by atoms with Crippen LogP contribution in [0.4, 0.5) is 11.4 Å². The number of nitrogens with zero attached hydrogens (tertiary/aromatic N) is 1. The van der Waals surface area contributed by atoms with Gasteiger partial charge in [-0.05, 0) is 72.8 Å². The third kappa shape index (κ3) is 5.18. The fraction of sp³-hybridized carbons (Fsp3) is 0.278. The number of hydrogen-bond donors (Lipinski definition) is 2. The Balaban J connectivity index is 1.97. The normalized spacial score (nSPS) is 11.6. The second-order valence-corrected chi connectivity index (χ2v) is 9.18. The van der Waals surface area contributed by atoms with Gasteiger partial charge in [-0.15, -0.1) is 0 Å². The molecular weight excluding hydrogens is 465 g/mol. The minimum Gasteiger partial charge on any atom is -0.376 e. The smallest absolute Gasteiger partial charge is 0.243 e. The standard InChI is InChI=1S/C18H22IN3O3S/c1-13(2)22(3)26(24,25)15-10-8-14(9-11-15)20-12-18(23)21-17-7-5-4-6-16(17)19/h4-11,13,20H,12H2,1-3H3,(H,21,23). The van der Waals surface area contributed by atoms with Crippen LogP contribution in [-0.2, 0) is 14.8 Å². The van der Waals surface area contributed by atoms with Crippen molar-refractivity contribution in [2.45, 2.75) is 24.8 Å². The zero-order valence-electron chi connectivity index (χ0n) is 14.9. The first-order chi connectivity index (χ1) is 12.2. The van der Waals surface area contributed by atoms with E-state index in [4.69, 9.17) is 0 Å². The predicted molar refractivity (Wildman–Crippen MR) is 113 cm³/mol. The quantitative estimate of drug-likeness (QED) is 0.588. The summed E-state index contributed by atoms with van der Waals surface area (Å²) < 4.78 is 27.1. The van der Waals surface area contributed by atoms with Crippen molar-refractivity contribution >= 4 is 49.9 Å². The highest BCUT2D eigenvalue weighted by molar-refractivity contribution is 14.1. The molecule has 2 aromatic carbocycles. The Hall–Kier alpha value is -1.65. The lowest BCUT2D eigenvalue weighted by Crippen LogP contribution is -2.33. The van der Waals surface area contributed by atoms with Crippen molar-refractivity contribution in [2.75, 3.05) is 24.2 Å². The Bertz CT molecular complexity index is 868. The van der Waals surface area contributed by atoms with Crippen molar-refractivity contribution in [3.05, 3.63) is 52.1 Å². The summed E-state index contributed by atoms with van der Waals surface area (Å²) in [5.41, 5.74) is 1.44. The van der Waals surface area contributed by atoms with E-state index in [0.29, 0.717) is 5.69 Å². The summed E-state index contributed by atoms with van der Waals surface area (Å²) in [6.45, 7) is 3.73. The van der Waals surface area contributed by atoms with Crippen LogP contribution in [-0.4, -0.2) is 38.3 Å². The molecule has 2 N–H and O–H groups in total. The molecule has 0 aromatic heterocycles. The van der Waals surface area contributed by atoms with Gasteiger partial charge in [0.2, 0.25) is 15.9 Å². The van der Waals surface area contributed by atoms with Gasteiger partial charge in [-0.3, -0.25) is 4.79 Å². The molecule has 0 fully saturated rings. The van der Waals surface area contributed by atoms with Gasteiger partial charge >= 0.3 is 0 Å². The molecule has 0 heterocycles. The van der Waals surface area contributed by atoms with Crippen LogP contribution in [0.5, 0.6) is 0 Å². The number of benzene rings is 2. The van der Waals surface area contributed by atoms with Crippen LogP contribution in [0.2, 0.25) is 0 Å². The molecule has 140 valence electrons. The van der Waals surface area contributed by atoms with Crippen LogP contribution in [0.3, 0.4) is 0 Å². The summed E-state index contributed by atoms with van der Waals surface area (Å²) >= 11 is 2.16. The summed E-state index contributed by atoms with van der Waals surface area (Å²) in [6, 6.07) is 13.8. The molecule has 26 heavy (non-hydrogen) atoms. The monoisotopic (exact) mass is 487 g/mol. The van der Waals surface area contributed by atoms with Crippen molar-refractivity contribution in [1.29, 1.82) is 0 Å². The largest absolute Gasteiger partial charge is 0.376 e. The summed E-state index contributed by atoms with van der Waals surface area (Å²) in [6.07, 6.45) is 0. The van der Waals surface area contributed by atoms with Crippen molar-refractivity contribution in [3.63, 3.8) is 0 Å². The third-order valence-electron chi connectivity index (χ3n) is 3.86. The first-order valence-corrected chi connectivity index (χ1v) is 10.6. The first-order valence-electron chi connectivity index (χ1n) is 8.08. The maximum atomic E-state index is 12.4. The molecule has 1 amide bonds. The summed E-state index contributed by atoms with van der Waals surface area (Å²) in [4.78, 5) is 12.3. The molecule has 2 rings (SSSR count). The van der Waals surface area contributed by atoms with E-state index in [0.717, 1.165) is 9.26 Å². The van der Waals surface area contributed by atoms with E-state index >= 15 is 0 Å². The fourth-order valence-electron chi connectivity index (χ4n) is 2.13. The van der Waals surface area contributed by atoms with Gasteiger partial charge in [0.1, 0.15) is 0 Å². The molecule has 2 aromatic rings. The minimum absolute atomic E-state index is 0.0863. The average Bonchev–Trinajstić information content (AvgIpc) is 2.61. The number of carbonyl (C=O) groups excluding carboxylic acids is 1. The average molecular weight is 487 g/mol. The lowest BCUT2D eigenvalue weighted by molar-refractivity contribution is -0.114. The van der Waals surface area contributed by atoms with E-state index in [-0.39, 0.29) is 23.4 Å². The molecule has 6 nitrogen and oxygen atoms in total. The van der Waals surface area contributed by atoms with Gasteiger partial charge in [-0.25, -0.2) is 8.42 Å². The molecule has 0 aliphatic heterocycles. The number of hydrogen-bond acceptors (Lipinski definition) is 4. The van der Waals surface area contributed by atoms with Crippen LogP contribution >= 0.6 is 22.6 Å². The molecule has 0 saturated carbocycles. The van der Waals surface area contributed by atoms with Crippen LogP contribution < -0.4 is 10.6 Å². The zero-order chi connectivity index (χ0) is 19.3. The summed E-state index contributed by atoms with van der Waals surface area (Å²) in [5.74, 6) is -0.176. The lowest BCUT2D eigenvalue weighted by atomic mass is 10.3. The zero-order valence-corrected chi connectivity index (χ0v) is 17.8. The van der Waals surface area contributed by atoms with E-state index in [1.165, 1.54) is 16.4 Å². The topological polar surface area (TPSA) is 78.5 Å². The predicted octanol–water partition coefficient (Wildman–Crippen LogP) is 3.37. The molecule has 0 unspecified atom stereocenters. The number of amides is 1. The van der Waals surface area contributed by atoms with Crippen LogP contribution in [0.15, 0.2) is 53.4 Å². The number of nitrogens with one attached hydrogen (secondary N) is 2. The number of rotatable bonds is 7. The fourth-order valence-corrected chi connectivity index (χ4v) is 4.02. The van der Waals surface area contributed by atoms with Crippen molar-refractivity contribution < 1.29 is 13.2 Å². The Morgan fingerprint density at radius 1 is 1.12 bits per heavy atom. The molecule has 8 heteroatoms. The van der Waals surface area contributed by atoms with Crippen molar-refractivity contribution in [2.24, 2.45) is 0 Å². The van der Waals surface area contributed by atoms with Crippen molar-refractivity contribution in [3.8, 4) is 0 Å². The number of sulfonamides is 1. The van der Waals surface area contributed by atoms with Gasteiger partial charge in [0, 0.05) is 22.3 Å². The van der Waals surface area contributed by atoms with Crippen LogP contribution in [0.1, 0.15) is 13.8 Å². The van der Waals surface area contributed by atoms with E-state index in [1.54, 1.807) is 19.2 Å². The minimum atomic E-state index is -3.51. The molecule has 0 aliphatic rings. The molecule has 0 aliphatic carbocycles. The van der Waals surface area contributed by atoms with Gasteiger partial charge in [-0.1, -0.05) is 12.1 Å². The van der Waals surface area contributed by atoms with Crippen LogP contribution in [0.25, 0.3) is 0 Å². The van der Waals surface area contributed by atoms with Gasteiger partial charge in [0.15, 0.2) is 0 Å². The van der Waals surface area contributed by atoms with Crippen LogP contribution in [0, 0.1) is 3.57 Å². The van der Waals surface area contributed by atoms with Gasteiger partial charge in [-0.2, -0.15) is 4.31 Å². The highest BCUT2D eigenvalue weighted by Crippen LogP contribution is 2.19. The molecular formula is C18H22IN3O3S. The van der Waals surface area contributed by atoms with Gasteiger partial charge in [0.25, 0.3) is 0 Å². The maximum absolute atomic E-state index is 12.4. The van der Waals surface area contributed by atoms with E-state index in [1.807, 2.05) is 38.1 Å². The number of carbonyl (C=O) groups is 1. The highest BCUT2D eigenvalue weighted by atomic mass is 127. The molecule has 0 atom stereocenters. The Kier molecular flexibility index (Phi) is 7.01. The number of anilines is 2. The van der Waals surface area contributed by atoms with E-state index < -0.39 is 10.0 Å². The van der Waals surface area contributed by atoms with E-state index in [9.17, 15) is 13.2 Å². The molecule has 0 radical (unpaired) electrons. The second-order valence-electron chi connectivity index (χ2n) is 6.02. The SMILES string of the molecule is CC(C)N(C)S(=O)(=O)c1ccc(NCC(=O)Nc2ccccc2I)cc1. The maximum Gasteiger partial charge on any atom is 0.243 e.